The van der Waals surface area contributed by atoms with Crippen LogP contribution in [0, 0.1) is 79.0 Å². The maximum Gasteiger partial charge on any atom is 3.00 e. The molecule has 0 N–H and O–H groups in total. The van der Waals surface area contributed by atoms with E-state index >= 15 is 0 Å². The van der Waals surface area contributed by atoms with Gasteiger partial charge in [0.05, 0.1) is 0 Å². The van der Waals surface area contributed by atoms with Gasteiger partial charge in [0, 0.05) is 5.15 Å². The van der Waals surface area contributed by atoms with E-state index in [4.69, 9.17) is 9.05 Å². The Morgan fingerprint density at radius 3 is 0.636 bits per heavy atom. The maximum absolute atomic E-state index is 9.12. The summed E-state index contributed by atoms with van der Waals surface area (Å²) in [6.45, 7) is 0. The second kappa shape index (κ2) is 160. The molecule has 0 aromatic rings. The van der Waals surface area contributed by atoms with Crippen molar-refractivity contribution in [3.63, 3.8) is 0 Å². The summed E-state index contributed by atoms with van der Waals surface area (Å²) in [5.41, 5.74) is 0. The van der Waals surface area contributed by atoms with E-state index in [1.807, 2.05) is 0 Å². The Bertz CT molecular complexity index is 14.1. The van der Waals surface area contributed by atoms with Gasteiger partial charge in [0.1, 0.15) is 0 Å². The summed E-state index contributed by atoms with van der Waals surface area (Å²) in [6.07, 6.45) is 0. The zero-order valence-corrected chi connectivity index (χ0v) is 8.93. The Balaban J connectivity index is -0.000000000714. The number of hydrogen-bond acceptors (Lipinski definition) is 1. The molecule has 1 nitrogen and oxygen atoms in total. The van der Waals surface area contributed by atoms with Gasteiger partial charge in [0.15, 0.2) is 0 Å². The second-order valence-corrected chi connectivity index (χ2v) is 0.0583. The molecule has 0 aromatic heterocycles. The van der Waals surface area contributed by atoms with E-state index in [1.54, 1.807) is 0 Å². The van der Waals surface area contributed by atoms with Crippen LogP contribution in [0.5, 0.6) is 0 Å². The zero-order chi connectivity index (χ0) is 2.71. The van der Waals surface area contributed by atoms with Crippen molar-refractivity contribution in [2.24, 2.45) is 0 Å². The zero-order valence-electron chi connectivity index (χ0n) is 4.17. The van der Waals surface area contributed by atoms with Crippen LogP contribution < -0.4 is 28.2 Å². The molecule has 0 unspecified atom stereocenters. The van der Waals surface area contributed by atoms with Crippen LogP contribution in [0.25, 0.3) is 0 Å². The minimum atomic E-state index is 0. The third-order valence-electron chi connectivity index (χ3n) is 0. The smallest absolute Gasteiger partial charge is 1.00 e. The van der Waals surface area contributed by atoms with Gasteiger partial charge in [-0.15, -0.1) is 0 Å². The molecule has 11 heavy (non-hydrogen) atoms. The molecule has 0 fully saturated rings. The van der Waals surface area contributed by atoms with Gasteiger partial charge in [0.25, 0.3) is 0 Å². The van der Waals surface area contributed by atoms with Crippen LogP contribution in [0.2, 0.25) is 0 Å². The van der Waals surface area contributed by atoms with Gasteiger partial charge in [-0.05, 0) is 9.05 Å². The summed E-state index contributed by atoms with van der Waals surface area (Å²) in [5.74, 6) is 0. The summed E-state index contributed by atoms with van der Waals surface area (Å²) in [4.78, 5) is 0. The van der Waals surface area contributed by atoms with Crippen LogP contribution in [-0.2, 0) is 5.15 Å². The van der Waals surface area contributed by atoms with E-state index in [0.717, 1.165) is 0 Å². The van der Waals surface area contributed by atoms with Gasteiger partial charge in [-0.2, -0.15) is 0 Å². The molecule has 0 saturated carbocycles. The van der Waals surface area contributed by atoms with Crippen molar-refractivity contribution in [2.75, 3.05) is 0 Å². The van der Waals surface area contributed by atoms with E-state index in [9.17, 15) is 0 Å². The van der Waals surface area contributed by atoms with Crippen molar-refractivity contribution in [1.29, 1.82) is 0 Å². The Hall–Kier alpha value is 2.02. The number of halogens is 8. The number of hydrogen-bond donors (Lipinski definition) is 0. The van der Waals surface area contributed by atoms with E-state index in [0.29, 0.717) is 0 Å². The van der Waals surface area contributed by atoms with E-state index in [-0.39, 0.29) is 107 Å². The Morgan fingerprint density at radius 1 is 0.636 bits per heavy atom. The van der Waals surface area contributed by atoms with Gasteiger partial charge in [-0.1, -0.05) is 0 Å². The van der Waals surface area contributed by atoms with E-state index in [2.05, 4.69) is 0 Å². The van der Waals surface area contributed by atoms with Crippen LogP contribution in [0.3, 0.4) is 0 Å². The first-order valence-electron chi connectivity index (χ1n) is 0.309. The summed E-state index contributed by atoms with van der Waals surface area (Å²) in [5, 5.41) is 1.25. The molecule has 0 aromatic carbocycles. The first-order chi connectivity index (χ1) is 1.41. The summed E-state index contributed by atoms with van der Waals surface area (Å²) < 4.78 is 18.2. The monoisotopic (exact) mass is 479 g/mol. The molecular formula is F8OSmTb. The standard InChI is InChI=1S/F2O.6FH.Sm.Tb/c1-3-2;;;;;;;;/h;6*1H;;/q;;;;;;;2*+3/p-6. The minimum absolute atomic E-state index is 0. The molecule has 0 atom stereocenters. The molecule has 0 rings (SSSR count). The average molecular weight is 477 g/mol. The van der Waals surface area contributed by atoms with E-state index < -0.39 is 0 Å². The molecule has 0 aliphatic carbocycles. The molecule has 0 amide bonds. The van der Waals surface area contributed by atoms with Crippen LogP contribution in [-0.4, -0.2) is 0 Å². The molecule has 0 bridgehead atoms. The molecule has 0 saturated heterocycles. The second-order valence-electron chi connectivity index (χ2n) is 0.0583. The van der Waals surface area contributed by atoms with Crippen LogP contribution in [0.15, 0.2) is 0 Å². The predicted molar refractivity (Wildman–Crippen MR) is 3.30 cm³/mol. The van der Waals surface area contributed by atoms with Crippen molar-refractivity contribution < 1.29 is 121 Å². The SMILES string of the molecule is FOF.[F-].[F-].[F-].[F-].[F-].[F-].[Sm+3].[Tb+3]. The van der Waals surface area contributed by atoms with Crippen molar-refractivity contribution in [3.8, 4) is 0 Å². The Labute approximate surface area is 120 Å². The fraction of sp³-hybridized carbons (Fsp3) is 0. The molecule has 11 heteroatoms. The van der Waals surface area contributed by atoms with Crippen molar-refractivity contribution >= 4 is 0 Å². The fourth-order valence-corrected chi connectivity index (χ4v) is 0. The molecule has 0 aliphatic heterocycles. The summed E-state index contributed by atoms with van der Waals surface area (Å²) in [7, 11) is 0. The molecule has 0 heterocycles. The van der Waals surface area contributed by atoms with Gasteiger partial charge >= 0.3 is 79.0 Å². The Kier molecular flexibility index (Phi) is 1690. The van der Waals surface area contributed by atoms with Crippen LogP contribution in [0.4, 0.5) is 9.05 Å². The normalized spacial score (nSPS) is 1.64. The van der Waals surface area contributed by atoms with Crippen molar-refractivity contribution in [1.82, 2.24) is 0 Å². The van der Waals surface area contributed by atoms with Crippen LogP contribution >= 0.6 is 0 Å². The fourth-order valence-electron chi connectivity index (χ4n) is 0. The third-order valence-corrected chi connectivity index (χ3v) is 0. The molecule has 77 valence electrons. The van der Waals surface area contributed by atoms with Gasteiger partial charge in [-0.25, -0.2) is 0 Å². The minimum Gasteiger partial charge on any atom is -1.00 e. The van der Waals surface area contributed by atoms with Gasteiger partial charge < -0.3 is 28.2 Å². The molecular weight excluding hydrogens is 477 g/mol. The largest absolute Gasteiger partial charge is 3.00 e. The topological polar surface area (TPSA) is 9.23 Å². The third kappa shape index (κ3) is 295. The average Bonchev–Trinajstić information content (AvgIpc) is 0.918. The van der Waals surface area contributed by atoms with Gasteiger partial charge in [0.2, 0.25) is 0 Å². The molecule has 0 spiro atoms. The Morgan fingerprint density at radius 2 is 0.636 bits per heavy atom. The van der Waals surface area contributed by atoms with Crippen LogP contribution in [0.1, 0.15) is 0 Å². The quantitative estimate of drug-likeness (QED) is 0.315. The molecule has 0 aliphatic rings. The van der Waals surface area contributed by atoms with E-state index in [1.165, 1.54) is 5.15 Å². The van der Waals surface area contributed by atoms with Crippen molar-refractivity contribution in [3.05, 3.63) is 0 Å². The first-order valence-corrected chi connectivity index (χ1v) is 0.309. The van der Waals surface area contributed by atoms with Gasteiger partial charge in [-0.3, -0.25) is 0 Å². The molecule has 1 radical (unpaired) electrons. The summed E-state index contributed by atoms with van der Waals surface area (Å²) >= 11 is 0. The maximum atomic E-state index is 9.12. The summed E-state index contributed by atoms with van der Waals surface area (Å²) in [6, 6.07) is 0. The van der Waals surface area contributed by atoms with Crippen molar-refractivity contribution in [2.45, 2.75) is 0 Å². The first kappa shape index (κ1) is 116. The number of rotatable bonds is 0. The predicted octanol–water partition coefficient (Wildman–Crippen LogP) is -17.2.